The van der Waals surface area contributed by atoms with Gasteiger partial charge < -0.3 is 0 Å². The zero-order valence-corrected chi connectivity index (χ0v) is 12.8. The van der Waals surface area contributed by atoms with Gasteiger partial charge in [-0.25, -0.2) is 20.4 Å². The Morgan fingerprint density at radius 3 is 1.32 bits per heavy atom. The van der Waals surface area contributed by atoms with Crippen molar-refractivity contribution in [3.05, 3.63) is 71.8 Å². The molecule has 0 radical (unpaired) electrons. The van der Waals surface area contributed by atoms with Crippen molar-refractivity contribution in [2.24, 2.45) is 0 Å². The number of nitrogens with one attached hydrogen (secondary N) is 2. The summed E-state index contributed by atoms with van der Waals surface area (Å²) >= 11 is 0. The van der Waals surface area contributed by atoms with Crippen LogP contribution in [0.2, 0.25) is 0 Å². The van der Waals surface area contributed by atoms with E-state index in [1.165, 1.54) is 11.1 Å². The first kappa shape index (κ1) is 19.2. The SMILES string of the molecule is CCC(C)(c1ccccc1)c1ccccc1.N=C=O.N=C=O. The second-order valence-corrected chi connectivity index (χ2v) is 4.62. The number of hydrogen-bond acceptors (Lipinski definition) is 4. The lowest BCUT2D eigenvalue weighted by Gasteiger charge is -2.29. The third-order valence-corrected chi connectivity index (χ3v) is 3.53. The summed E-state index contributed by atoms with van der Waals surface area (Å²) in [6.07, 6.45) is 2.61. The number of benzene rings is 2. The van der Waals surface area contributed by atoms with Crippen LogP contribution in [-0.2, 0) is 15.0 Å². The average molecular weight is 296 g/mol. The van der Waals surface area contributed by atoms with Crippen LogP contribution in [0.5, 0.6) is 0 Å². The smallest absolute Gasteiger partial charge is 0.222 e. The van der Waals surface area contributed by atoms with Crippen LogP contribution >= 0.6 is 0 Å². The summed E-state index contributed by atoms with van der Waals surface area (Å²) in [6, 6.07) is 21.5. The second kappa shape index (κ2) is 10.9. The summed E-state index contributed by atoms with van der Waals surface area (Å²) in [5, 5.41) is 10.8. The minimum Gasteiger partial charge on any atom is -0.222 e. The van der Waals surface area contributed by atoms with Crippen molar-refractivity contribution in [1.82, 2.24) is 0 Å². The van der Waals surface area contributed by atoms with Gasteiger partial charge in [0.25, 0.3) is 0 Å². The summed E-state index contributed by atoms with van der Waals surface area (Å²) in [6.45, 7) is 4.57. The molecule has 0 bridgehead atoms. The van der Waals surface area contributed by atoms with Crippen LogP contribution in [0, 0.1) is 10.8 Å². The zero-order chi connectivity index (χ0) is 16.8. The predicted octanol–water partition coefficient (Wildman–Crippen LogP) is 4.20. The summed E-state index contributed by atoms with van der Waals surface area (Å²) in [5.74, 6) is 0. The summed E-state index contributed by atoms with van der Waals surface area (Å²) in [5.41, 5.74) is 2.91. The summed E-state index contributed by atoms with van der Waals surface area (Å²) in [4.78, 5) is 16.7. The van der Waals surface area contributed by atoms with Crippen LogP contribution in [0.1, 0.15) is 31.4 Å². The van der Waals surface area contributed by atoms with Gasteiger partial charge in [0.2, 0.25) is 12.2 Å². The van der Waals surface area contributed by atoms with Crippen LogP contribution in [-0.4, -0.2) is 12.2 Å². The Morgan fingerprint density at radius 1 is 0.818 bits per heavy atom. The van der Waals surface area contributed by atoms with Crippen LogP contribution < -0.4 is 0 Å². The van der Waals surface area contributed by atoms with E-state index in [1.54, 1.807) is 0 Å². The molecular weight excluding hydrogens is 276 g/mol. The first-order chi connectivity index (χ1) is 10.6. The van der Waals surface area contributed by atoms with E-state index in [2.05, 4.69) is 74.5 Å². The molecule has 0 aliphatic rings. The van der Waals surface area contributed by atoms with Crippen LogP contribution in [0.15, 0.2) is 60.7 Å². The van der Waals surface area contributed by atoms with E-state index >= 15 is 0 Å². The zero-order valence-electron chi connectivity index (χ0n) is 12.8. The molecule has 22 heavy (non-hydrogen) atoms. The van der Waals surface area contributed by atoms with Crippen molar-refractivity contribution in [2.75, 3.05) is 0 Å². The maximum Gasteiger partial charge on any atom is 0.231 e. The highest BCUT2D eigenvalue weighted by molar-refractivity contribution is 5.37. The maximum absolute atomic E-state index is 8.35. The minimum absolute atomic E-state index is 0.127. The monoisotopic (exact) mass is 296 g/mol. The molecule has 2 aromatic carbocycles. The quantitative estimate of drug-likeness (QED) is 0.657. The molecule has 0 amide bonds. The molecule has 4 heteroatoms. The number of hydrogen-bond donors (Lipinski definition) is 2. The van der Waals surface area contributed by atoms with E-state index in [9.17, 15) is 0 Å². The third kappa shape index (κ3) is 5.68. The van der Waals surface area contributed by atoms with Gasteiger partial charge in [-0.05, 0) is 17.5 Å². The van der Waals surface area contributed by atoms with Gasteiger partial charge in [0.15, 0.2) is 0 Å². The summed E-state index contributed by atoms with van der Waals surface area (Å²) < 4.78 is 0. The fourth-order valence-corrected chi connectivity index (χ4v) is 2.19. The Hall–Kier alpha value is -2.80. The lowest BCUT2D eigenvalue weighted by Crippen LogP contribution is -2.22. The molecule has 0 atom stereocenters. The molecular formula is C18H20N2O2. The first-order valence-corrected chi connectivity index (χ1v) is 6.79. The third-order valence-electron chi connectivity index (χ3n) is 3.53. The standard InChI is InChI=1S/C16H18.2CHNO/c1-3-16(2,14-10-6-4-7-11-14)15-12-8-5-9-13-15;2*2-1-3/h4-13H,3H2,1-2H3;2*2H. The molecule has 4 nitrogen and oxygen atoms in total. The van der Waals surface area contributed by atoms with Crippen molar-refractivity contribution in [3.63, 3.8) is 0 Å². The Kier molecular flexibility index (Phi) is 9.53. The Bertz CT molecular complexity index is 546. The van der Waals surface area contributed by atoms with Gasteiger partial charge in [-0.1, -0.05) is 74.5 Å². The number of carbonyl (C=O) groups excluding carboxylic acids is 2. The van der Waals surface area contributed by atoms with Gasteiger partial charge in [0.1, 0.15) is 0 Å². The van der Waals surface area contributed by atoms with Gasteiger partial charge in [-0.15, -0.1) is 0 Å². The van der Waals surface area contributed by atoms with Crippen LogP contribution in [0.4, 0.5) is 0 Å². The predicted molar refractivity (Wildman–Crippen MR) is 86.5 cm³/mol. The molecule has 0 spiro atoms. The van der Waals surface area contributed by atoms with E-state index < -0.39 is 0 Å². The van der Waals surface area contributed by atoms with Gasteiger partial charge in [0.05, 0.1) is 0 Å². The van der Waals surface area contributed by atoms with E-state index in [-0.39, 0.29) is 5.41 Å². The fraction of sp³-hybridized carbons (Fsp3) is 0.222. The molecule has 0 aliphatic carbocycles. The Morgan fingerprint density at radius 2 is 1.09 bits per heavy atom. The molecule has 114 valence electrons. The normalized spacial score (nSPS) is 9.00. The first-order valence-electron chi connectivity index (χ1n) is 6.79. The number of isocyanates is 2. The highest BCUT2D eigenvalue weighted by atomic mass is 16.1. The van der Waals surface area contributed by atoms with E-state index in [0.29, 0.717) is 0 Å². The van der Waals surface area contributed by atoms with E-state index in [1.807, 2.05) is 0 Å². The van der Waals surface area contributed by atoms with Gasteiger partial charge in [-0.3, -0.25) is 0 Å². The Balaban J connectivity index is 0.000000639. The fourth-order valence-electron chi connectivity index (χ4n) is 2.19. The number of rotatable bonds is 3. The highest BCUT2D eigenvalue weighted by Gasteiger charge is 2.25. The molecule has 2 rings (SSSR count). The Labute approximate surface area is 130 Å². The van der Waals surface area contributed by atoms with Gasteiger partial charge in [0, 0.05) is 5.41 Å². The molecule has 0 aliphatic heterocycles. The lowest BCUT2D eigenvalue weighted by molar-refractivity contribution is 0.550. The van der Waals surface area contributed by atoms with Crippen LogP contribution in [0.25, 0.3) is 0 Å². The molecule has 0 saturated heterocycles. The minimum atomic E-state index is 0.127. The molecule has 0 heterocycles. The van der Waals surface area contributed by atoms with E-state index in [0.717, 1.165) is 18.6 Å². The average Bonchev–Trinajstić information content (AvgIpc) is 2.57. The van der Waals surface area contributed by atoms with Crippen molar-refractivity contribution in [3.8, 4) is 0 Å². The van der Waals surface area contributed by atoms with Gasteiger partial charge in [-0.2, -0.15) is 0 Å². The largest absolute Gasteiger partial charge is 0.231 e. The second-order valence-electron chi connectivity index (χ2n) is 4.62. The van der Waals surface area contributed by atoms with Crippen LogP contribution in [0.3, 0.4) is 0 Å². The van der Waals surface area contributed by atoms with Crippen molar-refractivity contribution in [1.29, 1.82) is 10.8 Å². The maximum atomic E-state index is 8.35. The molecule has 2 aromatic rings. The molecule has 0 aromatic heterocycles. The summed E-state index contributed by atoms with van der Waals surface area (Å²) in [7, 11) is 0. The van der Waals surface area contributed by atoms with Gasteiger partial charge >= 0.3 is 0 Å². The van der Waals surface area contributed by atoms with Crippen molar-refractivity contribution < 1.29 is 9.59 Å². The lowest BCUT2D eigenvalue weighted by atomic mass is 9.74. The topological polar surface area (TPSA) is 81.8 Å². The van der Waals surface area contributed by atoms with Crippen molar-refractivity contribution >= 4 is 12.2 Å². The molecule has 0 saturated carbocycles. The molecule has 0 fully saturated rings. The van der Waals surface area contributed by atoms with E-state index in [4.69, 9.17) is 20.4 Å². The molecule has 2 N–H and O–H groups in total. The highest BCUT2D eigenvalue weighted by Crippen LogP contribution is 2.34. The van der Waals surface area contributed by atoms with Crippen molar-refractivity contribution in [2.45, 2.75) is 25.7 Å². The molecule has 0 unspecified atom stereocenters.